The summed E-state index contributed by atoms with van der Waals surface area (Å²) >= 11 is 0. The molecule has 2 aromatic heterocycles. The number of hydrogen-bond donors (Lipinski definition) is 2. The van der Waals surface area contributed by atoms with Crippen LogP contribution in [-0.4, -0.2) is 56.8 Å². The summed E-state index contributed by atoms with van der Waals surface area (Å²) in [6.07, 6.45) is 16.9. The van der Waals surface area contributed by atoms with Crippen LogP contribution in [0.4, 0.5) is 5.95 Å². The largest absolute Gasteiger partial charge is 0.463 e. The van der Waals surface area contributed by atoms with Gasteiger partial charge in [-0.1, -0.05) is 91.4 Å². The molecule has 3 atom stereocenters. The zero-order chi connectivity index (χ0) is 29.2. The Kier molecular flexibility index (Phi) is 16.1. The van der Waals surface area contributed by atoms with Gasteiger partial charge in [-0.2, -0.15) is 4.98 Å². The van der Waals surface area contributed by atoms with Crippen LogP contribution in [0, 0.1) is 5.92 Å². The second-order valence-electron chi connectivity index (χ2n) is 10.6. The van der Waals surface area contributed by atoms with E-state index >= 15 is 0 Å². The first-order valence-electron chi connectivity index (χ1n) is 15.0. The van der Waals surface area contributed by atoms with Crippen LogP contribution in [0.3, 0.4) is 0 Å². The summed E-state index contributed by atoms with van der Waals surface area (Å²) in [5.74, 6) is -0.697. The van der Waals surface area contributed by atoms with Crippen molar-refractivity contribution in [2.75, 3.05) is 18.9 Å². The Hall–Kier alpha value is -2.79. The zero-order valence-electron chi connectivity index (χ0n) is 24.7. The van der Waals surface area contributed by atoms with Gasteiger partial charge in [-0.25, -0.2) is 9.97 Å². The Labute approximate surface area is 238 Å². The monoisotopic (exact) mass is 562 g/mol. The summed E-state index contributed by atoms with van der Waals surface area (Å²) in [5.41, 5.74) is 12.8. The maximum Gasteiger partial charge on any atom is 0.323 e. The third-order valence-electron chi connectivity index (χ3n) is 7.18. The quantitative estimate of drug-likeness (QED) is 0.149. The van der Waals surface area contributed by atoms with Crippen molar-refractivity contribution in [3.8, 4) is 0 Å². The van der Waals surface area contributed by atoms with Crippen LogP contribution < -0.4 is 11.5 Å². The average molecular weight is 563 g/mol. The van der Waals surface area contributed by atoms with E-state index in [-0.39, 0.29) is 37.8 Å². The molecule has 4 N–H and O–H groups in total. The van der Waals surface area contributed by atoms with Gasteiger partial charge in [0.05, 0.1) is 12.5 Å². The third kappa shape index (κ3) is 12.6. The number of carbonyl (C=O) groups is 2. The Morgan fingerprint density at radius 3 is 2.20 bits per heavy atom. The number of unbranched alkanes of at least 4 members (excludes halogenated alkanes) is 10. The molecule has 0 aliphatic carbocycles. The summed E-state index contributed by atoms with van der Waals surface area (Å²) in [6, 6.07) is -0.730. The number of hydrogen-bond acceptors (Lipinski definition) is 10. The molecular formula is C29H50N6O5. The fraction of sp³-hybridized carbons (Fsp3) is 0.759. The maximum atomic E-state index is 12.4. The minimum atomic E-state index is -0.730. The zero-order valence-corrected chi connectivity index (χ0v) is 24.7. The number of carbonyl (C=O) groups excluding carboxylic acids is 2. The standard InChI is InChI=1S/C29H50N6O5/c1-4-6-7-8-9-10-11-12-13-14-15-16-25(36)38-18-23(19-39-28(37)26(30)22(3)5-2)40-21-35-20-33-24-17-32-29(31)34-27(24)35/h17,20,22-23,26H,4-16,18-19,21,30H2,1-3H3,(H2,31,32,34)/t22-,23?,26-/m0/s1. The van der Waals surface area contributed by atoms with Crippen LogP contribution in [0.25, 0.3) is 11.2 Å². The summed E-state index contributed by atoms with van der Waals surface area (Å²) in [7, 11) is 0. The molecular weight excluding hydrogens is 512 g/mol. The van der Waals surface area contributed by atoms with Gasteiger partial charge in [0.15, 0.2) is 5.65 Å². The van der Waals surface area contributed by atoms with Gasteiger partial charge in [0.2, 0.25) is 5.95 Å². The molecule has 0 aliphatic heterocycles. The van der Waals surface area contributed by atoms with Crippen molar-refractivity contribution in [1.29, 1.82) is 0 Å². The molecule has 0 saturated heterocycles. The summed E-state index contributed by atoms with van der Waals surface area (Å²) in [6.45, 7) is 5.99. The van der Waals surface area contributed by atoms with Crippen molar-refractivity contribution in [2.24, 2.45) is 11.7 Å². The molecule has 1 unspecified atom stereocenters. The van der Waals surface area contributed by atoms with Crippen LogP contribution in [0.15, 0.2) is 12.5 Å². The fourth-order valence-corrected chi connectivity index (χ4v) is 4.24. The van der Waals surface area contributed by atoms with E-state index in [0.717, 1.165) is 25.7 Å². The van der Waals surface area contributed by atoms with Crippen LogP contribution in [0.5, 0.6) is 0 Å². The van der Waals surface area contributed by atoms with E-state index in [1.165, 1.54) is 57.6 Å². The molecule has 226 valence electrons. The lowest BCUT2D eigenvalue weighted by molar-refractivity contribution is -0.159. The molecule has 0 aliphatic rings. The summed E-state index contributed by atoms with van der Waals surface area (Å²) in [5, 5.41) is 0. The number of esters is 2. The number of nitrogen functional groups attached to an aromatic ring is 1. The maximum absolute atomic E-state index is 12.4. The predicted molar refractivity (Wildman–Crippen MR) is 155 cm³/mol. The smallest absolute Gasteiger partial charge is 0.323 e. The highest BCUT2D eigenvalue weighted by molar-refractivity contribution is 5.75. The second kappa shape index (κ2) is 19.3. The van der Waals surface area contributed by atoms with Crippen molar-refractivity contribution < 1.29 is 23.8 Å². The number of rotatable bonds is 22. The molecule has 0 radical (unpaired) electrons. The fourth-order valence-electron chi connectivity index (χ4n) is 4.24. The normalized spacial score (nSPS) is 13.7. The molecule has 11 nitrogen and oxygen atoms in total. The van der Waals surface area contributed by atoms with Crippen LogP contribution in [-0.2, 0) is 30.5 Å². The molecule has 11 heteroatoms. The van der Waals surface area contributed by atoms with E-state index in [1.54, 1.807) is 10.9 Å². The Morgan fingerprint density at radius 1 is 0.925 bits per heavy atom. The minimum Gasteiger partial charge on any atom is -0.463 e. The number of aromatic nitrogens is 4. The topological polar surface area (TPSA) is 157 Å². The van der Waals surface area contributed by atoms with Gasteiger partial charge < -0.3 is 25.7 Å². The molecule has 0 fully saturated rings. The van der Waals surface area contributed by atoms with Crippen molar-refractivity contribution in [3.05, 3.63) is 12.5 Å². The van der Waals surface area contributed by atoms with Crippen LogP contribution in [0.2, 0.25) is 0 Å². The first kappa shape index (κ1) is 33.4. The van der Waals surface area contributed by atoms with Crippen molar-refractivity contribution in [3.63, 3.8) is 0 Å². The predicted octanol–water partition coefficient (Wildman–Crippen LogP) is 4.91. The lowest BCUT2D eigenvalue weighted by atomic mass is 10.0. The molecule has 2 heterocycles. The van der Waals surface area contributed by atoms with Gasteiger partial charge in [-0.15, -0.1) is 0 Å². The summed E-state index contributed by atoms with van der Waals surface area (Å²) < 4.78 is 18.5. The summed E-state index contributed by atoms with van der Waals surface area (Å²) in [4.78, 5) is 37.1. The number of imidazole rings is 1. The number of nitrogens with two attached hydrogens (primary N) is 2. The molecule has 2 rings (SSSR count). The Bertz CT molecular complexity index is 1000. The van der Waals surface area contributed by atoms with Crippen LogP contribution >= 0.6 is 0 Å². The van der Waals surface area contributed by atoms with Gasteiger partial charge in [0, 0.05) is 6.42 Å². The van der Waals surface area contributed by atoms with Crippen molar-refractivity contribution in [1.82, 2.24) is 19.5 Å². The van der Waals surface area contributed by atoms with E-state index in [0.29, 0.717) is 17.6 Å². The lowest BCUT2D eigenvalue weighted by Gasteiger charge is -2.21. The van der Waals surface area contributed by atoms with E-state index < -0.39 is 18.1 Å². The molecule has 2 aromatic rings. The SMILES string of the molecule is CCCCCCCCCCCCCC(=O)OCC(COC(=O)[C@@H](N)[C@@H](C)CC)OCn1cnc2cnc(N)nc21. The lowest BCUT2D eigenvalue weighted by Crippen LogP contribution is -2.40. The number of fused-ring (bicyclic) bond motifs is 1. The van der Waals surface area contributed by atoms with Gasteiger partial charge in [0.25, 0.3) is 0 Å². The van der Waals surface area contributed by atoms with E-state index in [1.807, 2.05) is 13.8 Å². The Balaban J connectivity index is 1.76. The van der Waals surface area contributed by atoms with E-state index in [9.17, 15) is 9.59 Å². The highest BCUT2D eigenvalue weighted by Gasteiger charge is 2.23. The molecule has 0 aromatic carbocycles. The van der Waals surface area contributed by atoms with E-state index in [2.05, 4.69) is 21.9 Å². The Morgan fingerprint density at radius 2 is 1.55 bits per heavy atom. The third-order valence-corrected chi connectivity index (χ3v) is 7.18. The highest BCUT2D eigenvalue weighted by Crippen LogP contribution is 2.14. The molecule has 0 saturated carbocycles. The highest BCUT2D eigenvalue weighted by atomic mass is 16.6. The second-order valence-corrected chi connectivity index (χ2v) is 10.6. The number of ether oxygens (including phenoxy) is 3. The van der Waals surface area contributed by atoms with Crippen molar-refractivity contribution >= 4 is 29.1 Å². The van der Waals surface area contributed by atoms with Crippen molar-refractivity contribution in [2.45, 2.75) is 123 Å². The van der Waals surface area contributed by atoms with E-state index in [4.69, 9.17) is 25.7 Å². The van der Waals surface area contributed by atoms with Gasteiger partial charge in [-0.05, 0) is 12.3 Å². The number of nitrogens with zero attached hydrogens (tertiary/aromatic N) is 4. The average Bonchev–Trinajstić information content (AvgIpc) is 3.36. The molecule has 0 bridgehead atoms. The van der Waals surface area contributed by atoms with Gasteiger partial charge in [0.1, 0.15) is 37.6 Å². The first-order chi connectivity index (χ1) is 19.3. The van der Waals surface area contributed by atoms with Gasteiger partial charge in [-0.3, -0.25) is 14.2 Å². The first-order valence-corrected chi connectivity index (χ1v) is 15.0. The molecule has 0 spiro atoms. The van der Waals surface area contributed by atoms with Crippen LogP contribution in [0.1, 0.15) is 104 Å². The number of anilines is 1. The van der Waals surface area contributed by atoms with Gasteiger partial charge >= 0.3 is 11.9 Å². The molecule has 40 heavy (non-hydrogen) atoms. The minimum absolute atomic E-state index is 0.0158. The molecule has 0 amide bonds.